The maximum atomic E-state index is 11.5. The van der Waals surface area contributed by atoms with Crippen molar-refractivity contribution in [3.05, 3.63) is 0 Å². The van der Waals surface area contributed by atoms with Crippen molar-refractivity contribution in [2.24, 2.45) is 40.4 Å². The molecule has 4 aliphatic carbocycles. The zero-order valence-electron chi connectivity index (χ0n) is 16.3. The normalized spacial score (nSPS) is 50.7. The Morgan fingerprint density at radius 1 is 0.875 bits per heavy atom. The van der Waals surface area contributed by atoms with Gasteiger partial charge in [-0.3, -0.25) is 0 Å². The van der Waals surface area contributed by atoms with Crippen molar-refractivity contribution in [3.8, 4) is 0 Å². The maximum Gasteiger partial charge on any atom is 0.129 e. The molecule has 0 spiro atoms. The third-order valence-electron chi connectivity index (χ3n) is 9.62. The highest BCUT2D eigenvalue weighted by atomic mass is 16.1. The van der Waals surface area contributed by atoms with E-state index in [4.69, 9.17) is 0 Å². The first kappa shape index (κ1) is 17.1. The van der Waals surface area contributed by atoms with E-state index in [-0.39, 0.29) is 0 Å². The molecule has 4 fully saturated rings. The molecule has 0 aromatic heterocycles. The Kier molecular flexibility index (Phi) is 4.37. The lowest BCUT2D eigenvalue weighted by atomic mass is 9.45. The molecule has 0 N–H and O–H groups in total. The Labute approximate surface area is 149 Å². The summed E-state index contributed by atoms with van der Waals surface area (Å²) in [6, 6.07) is 0. The van der Waals surface area contributed by atoms with Crippen LogP contribution in [0.25, 0.3) is 0 Å². The second-order valence-corrected chi connectivity index (χ2v) is 10.5. The second kappa shape index (κ2) is 6.13. The molecule has 4 saturated carbocycles. The molecule has 0 bridgehead atoms. The number of carbonyl (C=O) groups excluding carboxylic acids is 1. The lowest BCUT2D eigenvalue weighted by molar-refractivity contribution is -0.119. The van der Waals surface area contributed by atoms with Crippen LogP contribution in [0.15, 0.2) is 0 Å². The SMILES string of the molecule is CC(=O)CCC1CCC2C3CCC4CCCCC4(C)C3CCC12C. The molecular weight excluding hydrogens is 292 g/mol. The Morgan fingerprint density at radius 3 is 2.46 bits per heavy atom. The molecule has 0 aromatic carbocycles. The molecule has 7 atom stereocenters. The Morgan fingerprint density at radius 2 is 1.67 bits per heavy atom. The fraction of sp³-hybridized carbons (Fsp3) is 0.957. The fourth-order valence-electron chi connectivity index (χ4n) is 8.26. The van der Waals surface area contributed by atoms with E-state index in [9.17, 15) is 4.79 Å². The number of carbonyl (C=O) groups is 1. The van der Waals surface area contributed by atoms with Crippen LogP contribution in [0.1, 0.15) is 97.8 Å². The predicted molar refractivity (Wildman–Crippen MR) is 99.7 cm³/mol. The molecule has 0 amide bonds. The summed E-state index contributed by atoms with van der Waals surface area (Å²) in [5, 5.41) is 0. The molecule has 1 heteroatoms. The lowest BCUT2D eigenvalue weighted by Gasteiger charge is -2.60. The highest BCUT2D eigenvalue weighted by Crippen LogP contribution is 2.67. The van der Waals surface area contributed by atoms with Gasteiger partial charge < -0.3 is 4.79 Å². The zero-order chi connectivity index (χ0) is 16.9. The van der Waals surface area contributed by atoms with Gasteiger partial charge in [0.05, 0.1) is 0 Å². The molecule has 0 aliphatic heterocycles. The number of ketones is 1. The van der Waals surface area contributed by atoms with Crippen LogP contribution in [0.2, 0.25) is 0 Å². The van der Waals surface area contributed by atoms with Gasteiger partial charge in [0.2, 0.25) is 0 Å². The van der Waals surface area contributed by atoms with E-state index in [1.54, 1.807) is 6.92 Å². The quantitative estimate of drug-likeness (QED) is 0.584. The minimum Gasteiger partial charge on any atom is -0.300 e. The third-order valence-corrected chi connectivity index (χ3v) is 9.62. The van der Waals surface area contributed by atoms with Gasteiger partial charge in [-0.2, -0.15) is 0 Å². The molecule has 4 rings (SSSR count). The van der Waals surface area contributed by atoms with Gasteiger partial charge >= 0.3 is 0 Å². The topological polar surface area (TPSA) is 17.1 Å². The summed E-state index contributed by atoms with van der Waals surface area (Å²) >= 11 is 0. The lowest BCUT2D eigenvalue weighted by Crippen LogP contribution is -2.52. The predicted octanol–water partition coefficient (Wildman–Crippen LogP) is 6.40. The van der Waals surface area contributed by atoms with E-state index in [1.165, 1.54) is 70.6 Å². The molecule has 4 aliphatic rings. The first-order valence-electron chi connectivity index (χ1n) is 10.9. The molecular formula is C23H38O. The molecule has 0 radical (unpaired) electrons. The minimum absolute atomic E-state index is 0.394. The van der Waals surface area contributed by atoms with Crippen molar-refractivity contribution < 1.29 is 4.79 Å². The van der Waals surface area contributed by atoms with Gasteiger partial charge in [-0.1, -0.05) is 26.7 Å². The molecule has 0 heterocycles. The van der Waals surface area contributed by atoms with Crippen molar-refractivity contribution >= 4 is 5.78 Å². The maximum absolute atomic E-state index is 11.5. The summed E-state index contributed by atoms with van der Waals surface area (Å²) in [5.74, 6) is 5.24. The van der Waals surface area contributed by atoms with E-state index < -0.39 is 0 Å². The number of hydrogen-bond acceptors (Lipinski definition) is 1. The average molecular weight is 331 g/mol. The van der Waals surface area contributed by atoms with E-state index in [1.807, 2.05) is 0 Å². The smallest absolute Gasteiger partial charge is 0.129 e. The molecule has 0 saturated heterocycles. The fourth-order valence-corrected chi connectivity index (χ4v) is 8.26. The Hall–Kier alpha value is -0.330. The summed E-state index contributed by atoms with van der Waals surface area (Å²) in [5.41, 5.74) is 1.22. The number of rotatable bonds is 3. The van der Waals surface area contributed by atoms with Crippen LogP contribution in [-0.4, -0.2) is 5.78 Å². The highest BCUT2D eigenvalue weighted by molar-refractivity contribution is 5.75. The van der Waals surface area contributed by atoms with Gasteiger partial charge in [-0.15, -0.1) is 0 Å². The minimum atomic E-state index is 0.394. The van der Waals surface area contributed by atoms with Gasteiger partial charge in [-0.05, 0) is 105 Å². The Bertz CT molecular complexity index is 496. The zero-order valence-corrected chi connectivity index (χ0v) is 16.3. The Balaban J connectivity index is 1.54. The molecule has 1 nitrogen and oxygen atoms in total. The van der Waals surface area contributed by atoms with Crippen molar-refractivity contribution in [3.63, 3.8) is 0 Å². The van der Waals surface area contributed by atoms with Crippen molar-refractivity contribution in [1.82, 2.24) is 0 Å². The number of fused-ring (bicyclic) bond motifs is 5. The summed E-state index contributed by atoms with van der Waals surface area (Å²) in [7, 11) is 0. The monoisotopic (exact) mass is 330 g/mol. The first-order chi connectivity index (χ1) is 11.4. The molecule has 7 unspecified atom stereocenters. The molecule has 0 aromatic rings. The summed E-state index contributed by atoms with van der Waals surface area (Å²) in [6.07, 6.45) is 16.8. The van der Waals surface area contributed by atoms with E-state index in [2.05, 4.69) is 13.8 Å². The third kappa shape index (κ3) is 2.52. The first-order valence-corrected chi connectivity index (χ1v) is 10.9. The summed E-state index contributed by atoms with van der Waals surface area (Å²) < 4.78 is 0. The highest BCUT2D eigenvalue weighted by Gasteiger charge is 2.59. The number of Topliss-reactive ketones (excluding diaryl/α,β-unsaturated/α-hetero) is 1. The van der Waals surface area contributed by atoms with Crippen molar-refractivity contribution in [1.29, 1.82) is 0 Å². The second-order valence-electron chi connectivity index (χ2n) is 10.5. The number of hydrogen-bond donors (Lipinski definition) is 0. The van der Waals surface area contributed by atoms with E-state index in [0.717, 1.165) is 36.0 Å². The van der Waals surface area contributed by atoms with Crippen LogP contribution in [0.3, 0.4) is 0 Å². The largest absolute Gasteiger partial charge is 0.300 e. The molecule has 24 heavy (non-hydrogen) atoms. The van der Waals surface area contributed by atoms with Crippen LogP contribution in [0, 0.1) is 40.4 Å². The van der Waals surface area contributed by atoms with Crippen LogP contribution in [0.5, 0.6) is 0 Å². The van der Waals surface area contributed by atoms with Gasteiger partial charge in [0.25, 0.3) is 0 Å². The van der Waals surface area contributed by atoms with Crippen molar-refractivity contribution in [2.75, 3.05) is 0 Å². The standard InChI is InChI=1S/C23H38O/c1-16(24)7-8-18-10-12-20-19-11-9-17-6-4-5-14-22(17,2)21(19)13-15-23(18,20)3/h17-21H,4-15H2,1-3H3. The van der Waals surface area contributed by atoms with Gasteiger partial charge in [-0.25, -0.2) is 0 Å². The van der Waals surface area contributed by atoms with Gasteiger partial charge in [0.1, 0.15) is 5.78 Å². The van der Waals surface area contributed by atoms with Crippen LogP contribution < -0.4 is 0 Å². The van der Waals surface area contributed by atoms with Crippen LogP contribution >= 0.6 is 0 Å². The van der Waals surface area contributed by atoms with Crippen LogP contribution in [-0.2, 0) is 4.79 Å². The van der Waals surface area contributed by atoms with Gasteiger partial charge in [0, 0.05) is 6.42 Å². The molecule has 136 valence electrons. The van der Waals surface area contributed by atoms with E-state index in [0.29, 0.717) is 16.6 Å². The van der Waals surface area contributed by atoms with Crippen molar-refractivity contribution in [2.45, 2.75) is 97.8 Å². The van der Waals surface area contributed by atoms with E-state index >= 15 is 0 Å². The van der Waals surface area contributed by atoms with Crippen LogP contribution in [0.4, 0.5) is 0 Å². The van der Waals surface area contributed by atoms with Gasteiger partial charge in [0.15, 0.2) is 0 Å². The summed E-state index contributed by atoms with van der Waals surface area (Å²) in [4.78, 5) is 11.5. The average Bonchev–Trinajstić information content (AvgIpc) is 2.89. The summed E-state index contributed by atoms with van der Waals surface area (Å²) in [6.45, 7) is 7.07.